The fourth-order valence-corrected chi connectivity index (χ4v) is 4.65. The quantitative estimate of drug-likeness (QED) is 0.528. The number of carbonyl (C=O) groups is 1. The molecule has 1 saturated heterocycles. The Morgan fingerprint density at radius 2 is 2.00 bits per heavy atom. The third kappa shape index (κ3) is 4.07. The molecule has 0 aromatic carbocycles. The number of piperazine rings is 1. The molecule has 0 bridgehead atoms. The molecule has 0 unspecified atom stereocenters. The smallest absolute Gasteiger partial charge is 0.350 e. The first-order valence-corrected chi connectivity index (χ1v) is 11.8. The van der Waals surface area contributed by atoms with Gasteiger partial charge in [0.1, 0.15) is 5.82 Å². The minimum atomic E-state index is -0.425. The van der Waals surface area contributed by atoms with Crippen LogP contribution in [0.2, 0.25) is 5.02 Å². The lowest BCUT2D eigenvalue weighted by atomic mass is 10.0. The number of hydrogen-bond donors (Lipinski definition) is 0. The van der Waals surface area contributed by atoms with E-state index in [-0.39, 0.29) is 17.9 Å². The summed E-state index contributed by atoms with van der Waals surface area (Å²) in [6.45, 7) is 15.0. The number of rotatable bonds is 4. The zero-order valence-corrected chi connectivity index (χ0v) is 20.9. The number of carbonyl (C=O) groups excluding carboxylic acids is 1. The van der Waals surface area contributed by atoms with Crippen molar-refractivity contribution in [2.24, 2.45) is 0 Å². The fraction of sp³-hybridized carbons (Fsp3) is 0.400. The van der Waals surface area contributed by atoms with E-state index in [0.29, 0.717) is 52.9 Å². The number of amides is 1. The zero-order valence-electron chi connectivity index (χ0n) is 20.2. The van der Waals surface area contributed by atoms with Crippen LogP contribution in [0, 0.1) is 13.8 Å². The minimum Gasteiger partial charge on any atom is -0.350 e. The highest BCUT2D eigenvalue weighted by Gasteiger charge is 2.30. The summed E-state index contributed by atoms with van der Waals surface area (Å²) < 4.78 is 1.56. The van der Waals surface area contributed by atoms with Gasteiger partial charge in [-0.25, -0.2) is 14.3 Å². The summed E-state index contributed by atoms with van der Waals surface area (Å²) in [6.07, 6.45) is 3.08. The van der Waals surface area contributed by atoms with Crippen LogP contribution in [0.25, 0.3) is 16.7 Å². The van der Waals surface area contributed by atoms with Crippen LogP contribution in [0.1, 0.15) is 43.6 Å². The maximum atomic E-state index is 13.6. The molecule has 8 nitrogen and oxygen atoms in total. The van der Waals surface area contributed by atoms with E-state index >= 15 is 0 Å². The Labute approximate surface area is 203 Å². The molecule has 0 spiro atoms. The number of aromatic nitrogens is 4. The molecule has 4 heterocycles. The van der Waals surface area contributed by atoms with Crippen molar-refractivity contribution in [3.63, 3.8) is 0 Å². The summed E-state index contributed by atoms with van der Waals surface area (Å²) in [5, 5.41) is 1.18. The molecular formula is C25H29ClN6O2. The first-order chi connectivity index (χ1) is 16.1. The van der Waals surface area contributed by atoms with E-state index in [4.69, 9.17) is 16.6 Å². The molecule has 1 aliphatic rings. The largest absolute Gasteiger partial charge is 0.355 e. The average Bonchev–Trinajstić information content (AvgIpc) is 2.79. The van der Waals surface area contributed by atoms with Crippen molar-refractivity contribution in [1.82, 2.24) is 24.4 Å². The second kappa shape index (κ2) is 9.18. The number of aryl methyl sites for hydroxylation is 2. The van der Waals surface area contributed by atoms with E-state index < -0.39 is 5.69 Å². The van der Waals surface area contributed by atoms with Crippen molar-refractivity contribution in [2.45, 2.75) is 46.6 Å². The summed E-state index contributed by atoms with van der Waals surface area (Å²) >= 11 is 6.50. The number of hydrogen-bond acceptors (Lipinski definition) is 6. The lowest BCUT2D eigenvalue weighted by molar-refractivity contribution is -0.126. The van der Waals surface area contributed by atoms with E-state index in [9.17, 15) is 9.59 Å². The summed E-state index contributed by atoms with van der Waals surface area (Å²) in [7, 11) is 0. The van der Waals surface area contributed by atoms with Gasteiger partial charge in [-0.15, -0.1) is 0 Å². The van der Waals surface area contributed by atoms with Crippen molar-refractivity contribution in [1.29, 1.82) is 0 Å². The van der Waals surface area contributed by atoms with Crippen LogP contribution in [0.15, 0.2) is 35.8 Å². The maximum Gasteiger partial charge on any atom is 0.355 e. The standard InChI is InChI=1S/C25H29ClN6O2/c1-7-20(33)30-10-11-31(16(5)13-30)23-18-12-19(26)17(6)28-24(18)32(25(34)29-23)22-15(4)8-9-27-21(22)14(2)3/h7-9,12,14,16H,1,10-11,13H2,2-6H3/t16-/m0/s1. The summed E-state index contributed by atoms with van der Waals surface area (Å²) in [5.41, 5.74) is 3.11. The number of halogens is 1. The highest BCUT2D eigenvalue weighted by Crippen LogP contribution is 2.32. The van der Waals surface area contributed by atoms with Crippen molar-refractivity contribution in [3.05, 3.63) is 63.4 Å². The molecule has 0 N–H and O–H groups in total. The van der Waals surface area contributed by atoms with E-state index in [0.717, 1.165) is 11.3 Å². The van der Waals surface area contributed by atoms with Gasteiger partial charge in [-0.1, -0.05) is 32.0 Å². The number of nitrogens with zero attached hydrogens (tertiary/aromatic N) is 6. The zero-order chi connectivity index (χ0) is 24.7. The van der Waals surface area contributed by atoms with Gasteiger partial charge in [-0.05, 0) is 50.5 Å². The Morgan fingerprint density at radius 1 is 1.26 bits per heavy atom. The maximum absolute atomic E-state index is 13.6. The van der Waals surface area contributed by atoms with Gasteiger partial charge in [-0.2, -0.15) is 4.98 Å². The van der Waals surface area contributed by atoms with E-state index in [1.807, 2.05) is 51.7 Å². The molecule has 1 aliphatic heterocycles. The van der Waals surface area contributed by atoms with Gasteiger partial charge < -0.3 is 9.80 Å². The van der Waals surface area contributed by atoms with Gasteiger partial charge in [0.15, 0.2) is 5.65 Å². The van der Waals surface area contributed by atoms with Crippen molar-refractivity contribution >= 4 is 34.4 Å². The normalized spacial score (nSPS) is 16.4. The van der Waals surface area contributed by atoms with Gasteiger partial charge in [0.25, 0.3) is 0 Å². The van der Waals surface area contributed by atoms with Crippen LogP contribution in [-0.4, -0.2) is 56.0 Å². The topological polar surface area (TPSA) is 84.2 Å². The molecule has 178 valence electrons. The van der Waals surface area contributed by atoms with E-state index in [1.54, 1.807) is 15.7 Å². The van der Waals surface area contributed by atoms with Crippen LogP contribution >= 0.6 is 11.6 Å². The fourth-order valence-electron chi connectivity index (χ4n) is 4.50. The highest BCUT2D eigenvalue weighted by molar-refractivity contribution is 6.32. The summed E-state index contributed by atoms with van der Waals surface area (Å²) in [4.78, 5) is 43.4. The van der Waals surface area contributed by atoms with Crippen LogP contribution < -0.4 is 10.6 Å². The SMILES string of the molecule is C=CC(=O)N1CCN(c2nc(=O)n(-c3c(C)ccnc3C(C)C)c3nc(C)c(Cl)cc23)[C@@H](C)C1. The van der Waals surface area contributed by atoms with Gasteiger partial charge >= 0.3 is 5.69 Å². The van der Waals surface area contributed by atoms with Crippen LogP contribution in [0.5, 0.6) is 0 Å². The third-order valence-corrected chi connectivity index (χ3v) is 6.67. The average molecular weight is 481 g/mol. The Balaban J connectivity index is 1.96. The third-order valence-electron chi connectivity index (χ3n) is 6.29. The van der Waals surface area contributed by atoms with E-state index in [1.165, 1.54) is 6.08 Å². The molecule has 34 heavy (non-hydrogen) atoms. The van der Waals surface area contributed by atoms with E-state index in [2.05, 4.69) is 16.5 Å². The molecule has 3 aromatic heterocycles. The lowest BCUT2D eigenvalue weighted by Crippen LogP contribution is -2.54. The molecule has 0 saturated carbocycles. The Kier molecular flexibility index (Phi) is 6.45. The second-order valence-corrected chi connectivity index (χ2v) is 9.43. The molecule has 4 rings (SSSR count). The van der Waals surface area contributed by atoms with Crippen molar-refractivity contribution in [2.75, 3.05) is 24.5 Å². The Morgan fingerprint density at radius 3 is 2.65 bits per heavy atom. The van der Waals surface area contributed by atoms with Gasteiger partial charge in [0.2, 0.25) is 5.91 Å². The van der Waals surface area contributed by atoms with Crippen molar-refractivity contribution < 1.29 is 4.79 Å². The first-order valence-electron chi connectivity index (χ1n) is 11.4. The molecule has 1 atom stereocenters. The van der Waals surface area contributed by atoms with Gasteiger partial charge in [0, 0.05) is 31.9 Å². The van der Waals surface area contributed by atoms with Gasteiger partial charge in [0.05, 0.1) is 27.5 Å². The molecule has 1 amide bonds. The van der Waals surface area contributed by atoms with Crippen LogP contribution in [0.3, 0.4) is 0 Å². The monoisotopic (exact) mass is 480 g/mol. The van der Waals surface area contributed by atoms with Crippen LogP contribution in [-0.2, 0) is 4.79 Å². The molecule has 1 fully saturated rings. The van der Waals surface area contributed by atoms with Crippen molar-refractivity contribution in [3.8, 4) is 5.69 Å². The molecule has 0 radical (unpaired) electrons. The molecule has 0 aliphatic carbocycles. The van der Waals surface area contributed by atoms with Gasteiger partial charge in [-0.3, -0.25) is 9.78 Å². The predicted octanol–water partition coefficient (Wildman–Crippen LogP) is 3.79. The Bertz CT molecular complexity index is 1350. The minimum absolute atomic E-state index is 0.0602. The number of anilines is 1. The molecule has 9 heteroatoms. The number of pyridine rings is 2. The molecular weight excluding hydrogens is 452 g/mol. The molecule has 3 aromatic rings. The summed E-state index contributed by atoms with van der Waals surface area (Å²) in [5.74, 6) is 0.519. The lowest BCUT2D eigenvalue weighted by Gasteiger charge is -2.40. The first kappa shape index (κ1) is 23.9. The van der Waals surface area contributed by atoms with Crippen LogP contribution in [0.4, 0.5) is 5.82 Å². The second-order valence-electron chi connectivity index (χ2n) is 9.03. The predicted molar refractivity (Wildman–Crippen MR) is 135 cm³/mol. The highest BCUT2D eigenvalue weighted by atomic mass is 35.5. The summed E-state index contributed by atoms with van der Waals surface area (Å²) in [6, 6.07) is 3.65. The Hall–Kier alpha value is -3.26. The number of fused-ring (bicyclic) bond motifs is 1.